The van der Waals surface area contributed by atoms with Gasteiger partial charge in [-0.3, -0.25) is 4.79 Å². The molecule has 1 aromatic rings. The maximum Gasteiger partial charge on any atom is 0.347 e. The van der Waals surface area contributed by atoms with E-state index in [4.69, 9.17) is 14.6 Å². The van der Waals surface area contributed by atoms with Gasteiger partial charge in [0.1, 0.15) is 6.04 Å². The molecule has 0 heterocycles. The van der Waals surface area contributed by atoms with Gasteiger partial charge in [0.15, 0.2) is 6.10 Å². The summed E-state index contributed by atoms with van der Waals surface area (Å²) in [5, 5.41) is 10.7. The molecule has 2 atom stereocenters. The highest BCUT2D eigenvalue weighted by Gasteiger charge is 2.23. The number of hydrogen-bond donors (Lipinski definition) is 3. The molecule has 0 spiro atoms. The Morgan fingerprint density at radius 2 is 1.77 bits per heavy atom. The first-order chi connectivity index (χ1) is 12.1. The second-order valence-electron chi connectivity index (χ2n) is 5.61. The molecule has 8 nitrogen and oxygen atoms in total. The van der Waals surface area contributed by atoms with Crippen LogP contribution in [-0.2, 0) is 23.9 Å². The number of aryl methyl sites for hydroxylation is 2. The van der Waals surface area contributed by atoms with E-state index >= 15 is 0 Å². The third kappa shape index (κ3) is 9.03. The second-order valence-corrected chi connectivity index (χ2v) is 5.61. The molecule has 0 aliphatic rings. The lowest BCUT2D eigenvalue weighted by atomic mass is 10.1. The number of anilines is 1. The molecule has 1 aromatic carbocycles. The Balaban J connectivity index is 0.00000110. The van der Waals surface area contributed by atoms with Crippen molar-refractivity contribution in [2.45, 2.75) is 46.8 Å². The van der Waals surface area contributed by atoms with Crippen LogP contribution in [-0.4, -0.2) is 48.3 Å². The molecule has 1 unspecified atom stereocenters. The second kappa shape index (κ2) is 11.9. The zero-order chi connectivity index (χ0) is 20.3. The van der Waals surface area contributed by atoms with Crippen molar-refractivity contribution < 1.29 is 29.0 Å². The molecular formula is C18H28N2O6. The van der Waals surface area contributed by atoms with Crippen molar-refractivity contribution in [3.05, 3.63) is 29.3 Å². The third-order valence-corrected chi connectivity index (χ3v) is 3.20. The average molecular weight is 368 g/mol. The highest BCUT2D eigenvalue weighted by molar-refractivity contribution is 5.83. The molecule has 26 heavy (non-hydrogen) atoms. The summed E-state index contributed by atoms with van der Waals surface area (Å²) in [4.78, 5) is 32.7. The molecule has 0 aliphatic heterocycles. The zero-order valence-electron chi connectivity index (χ0n) is 15.9. The van der Waals surface area contributed by atoms with Gasteiger partial charge in [0.25, 0.3) is 0 Å². The van der Waals surface area contributed by atoms with Crippen LogP contribution < -0.4 is 11.1 Å². The van der Waals surface area contributed by atoms with Crippen LogP contribution in [0.3, 0.4) is 0 Å². The van der Waals surface area contributed by atoms with Gasteiger partial charge in [0, 0.05) is 5.69 Å². The number of aliphatic carboxylic acids is 1. The Morgan fingerprint density at radius 1 is 1.19 bits per heavy atom. The summed E-state index contributed by atoms with van der Waals surface area (Å²) in [7, 11) is 0. The quantitative estimate of drug-likeness (QED) is 0.620. The molecule has 146 valence electrons. The number of ether oxygens (including phenoxy) is 2. The minimum Gasteiger partial charge on any atom is -0.480 e. The molecule has 0 amide bonds. The van der Waals surface area contributed by atoms with E-state index in [2.05, 4.69) is 11.1 Å². The van der Waals surface area contributed by atoms with Crippen LogP contribution in [0.15, 0.2) is 18.2 Å². The van der Waals surface area contributed by atoms with Crippen LogP contribution in [0.25, 0.3) is 0 Å². The van der Waals surface area contributed by atoms with Gasteiger partial charge in [-0.15, -0.1) is 0 Å². The maximum absolute atomic E-state index is 12.0. The average Bonchev–Trinajstić information content (AvgIpc) is 2.58. The lowest BCUT2D eigenvalue weighted by molar-refractivity contribution is -0.166. The van der Waals surface area contributed by atoms with E-state index in [1.54, 1.807) is 13.8 Å². The Labute approximate surface area is 153 Å². The van der Waals surface area contributed by atoms with Crippen LogP contribution in [0, 0.1) is 13.8 Å². The van der Waals surface area contributed by atoms with Gasteiger partial charge in [-0.1, -0.05) is 12.1 Å². The Morgan fingerprint density at radius 3 is 2.27 bits per heavy atom. The number of hydrogen-bond acceptors (Lipinski definition) is 7. The van der Waals surface area contributed by atoms with E-state index in [0.717, 1.165) is 16.8 Å². The fourth-order valence-corrected chi connectivity index (χ4v) is 1.77. The monoisotopic (exact) mass is 368 g/mol. The zero-order valence-corrected chi connectivity index (χ0v) is 15.9. The van der Waals surface area contributed by atoms with Gasteiger partial charge < -0.3 is 25.6 Å². The van der Waals surface area contributed by atoms with Crippen LogP contribution in [0.1, 0.15) is 31.9 Å². The van der Waals surface area contributed by atoms with E-state index < -0.39 is 30.1 Å². The summed E-state index contributed by atoms with van der Waals surface area (Å²) in [6.45, 7) is 8.83. The number of carboxylic acid groups (broad SMARTS) is 1. The molecule has 0 saturated heterocycles. The van der Waals surface area contributed by atoms with Crippen molar-refractivity contribution in [3.63, 3.8) is 0 Å². The Bertz CT molecular complexity index is 618. The van der Waals surface area contributed by atoms with Gasteiger partial charge in [0.05, 0.1) is 13.2 Å². The van der Waals surface area contributed by atoms with Crippen molar-refractivity contribution in [1.29, 1.82) is 0 Å². The summed E-state index contributed by atoms with van der Waals surface area (Å²) < 4.78 is 9.89. The first kappa shape index (κ1) is 23.4. The van der Waals surface area contributed by atoms with E-state index in [1.165, 1.54) is 6.92 Å². The van der Waals surface area contributed by atoms with Gasteiger partial charge in [-0.25, -0.2) is 9.59 Å². The van der Waals surface area contributed by atoms with Crippen LogP contribution in [0.4, 0.5) is 5.69 Å². The number of carboxylic acids is 1. The maximum atomic E-state index is 12.0. The minimum absolute atomic E-state index is 0.261. The van der Waals surface area contributed by atoms with E-state index in [9.17, 15) is 14.4 Å². The van der Waals surface area contributed by atoms with Gasteiger partial charge in [-0.2, -0.15) is 0 Å². The first-order valence-electron chi connectivity index (χ1n) is 8.25. The predicted octanol–water partition coefficient (Wildman–Crippen LogP) is 1.63. The van der Waals surface area contributed by atoms with Gasteiger partial charge in [0.2, 0.25) is 0 Å². The number of rotatable bonds is 7. The largest absolute Gasteiger partial charge is 0.480 e. The molecule has 0 radical (unpaired) electrons. The standard InChI is InChI=1S/C16H23NO4.C2H5NO2/c1-6-20-16(19)13(5)21-15(18)12(4)17-14-9-10(2)7-8-11(14)3;3-1-2(4)5/h7-9,12-13,17H,6H2,1-5H3;1,3H2,(H,4,5)/t12-,13?;/m0./s1. The lowest BCUT2D eigenvalue weighted by Crippen LogP contribution is -2.34. The highest BCUT2D eigenvalue weighted by Crippen LogP contribution is 2.17. The normalized spacial score (nSPS) is 12.1. The minimum atomic E-state index is -0.968. The SMILES string of the molecule is CCOC(=O)C(C)OC(=O)[C@H](C)Nc1cc(C)ccc1C.NCC(=O)O. The number of nitrogens with two attached hydrogens (primary N) is 1. The molecule has 1 rings (SSSR count). The Hall–Kier alpha value is -2.61. The number of esters is 2. The molecule has 0 fully saturated rings. The van der Waals surface area contributed by atoms with E-state index in [0.29, 0.717) is 0 Å². The Kier molecular flexibility index (Phi) is 10.7. The molecular weight excluding hydrogens is 340 g/mol. The number of carbonyl (C=O) groups is 3. The van der Waals surface area contributed by atoms with Crippen LogP contribution in [0.2, 0.25) is 0 Å². The van der Waals surface area contributed by atoms with Crippen LogP contribution >= 0.6 is 0 Å². The van der Waals surface area contributed by atoms with Crippen molar-refractivity contribution >= 4 is 23.6 Å². The summed E-state index contributed by atoms with van der Waals surface area (Å²) in [6.07, 6.45) is -0.902. The fraction of sp³-hybridized carbons (Fsp3) is 0.500. The van der Waals surface area contributed by atoms with E-state index in [-0.39, 0.29) is 13.2 Å². The van der Waals surface area contributed by atoms with Crippen molar-refractivity contribution in [3.8, 4) is 0 Å². The first-order valence-corrected chi connectivity index (χ1v) is 8.25. The topological polar surface area (TPSA) is 128 Å². The predicted molar refractivity (Wildman–Crippen MR) is 97.9 cm³/mol. The molecule has 0 bridgehead atoms. The molecule has 0 aromatic heterocycles. The summed E-state index contributed by atoms with van der Waals surface area (Å²) in [5.74, 6) is -1.99. The third-order valence-electron chi connectivity index (χ3n) is 3.20. The van der Waals surface area contributed by atoms with E-state index in [1.807, 2.05) is 32.0 Å². The smallest absolute Gasteiger partial charge is 0.347 e. The van der Waals surface area contributed by atoms with Gasteiger partial charge >= 0.3 is 17.9 Å². The summed E-state index contributed by atoms with van der Waals surface area (Å²) in [5.41, 5.74) is 7.59. The molecule has 0 saturated carbocycles. The van der Waals surface area contributed by atoms with Crippen LogP contribution in [0.5, 0.6) is 0 Å². The number of carbonyl (C=O) groups excluding carboxylic acids is 2. The van der Waals surface area contributed by atoms with Crippen molar-refractivity contribution in [1.82, 2.24) is 0 Å². The fourth-order valence-electron chi connectivity index (χ4n) is 1.77. The highest BCUT2D eigenvalue weighted by atomic mass is 16.6. The molecule has 8 heteroatoms. The summed E-state index contributed by atoms with van der Waals surface area (Å²) >= 11 is 0. The molecule has 0 aliphatic carbocycles. The number of benzene rings is 1. The molecule has 4 N–H and O–H groups in total. The lowest BCUT2D eigenvalue weighted by Gasteiger charge is -2.19. The number of nitrogens with one attached hydrogen (secondary N) is 1. The van der Waals surface area contributed by atoms with Crippen molar-refractivity contribution in [2.75, 3.05) is 18.5 Å². The van der Waals surface area contributed by atoms with Gasteiger partial charge in [-0.05, 0) is 51.8 Å². The summed E-state index contributed by atoms with van der Waals surface area (Å²) in [6, 6.07) is 5.40. The van der Waals surface area contributed by atoms with Crippen molar-refractivity contribution in [2.24, 2.45) is 5.73 Å².